The Balaban J connectivity index is 2.35. The van der Waals surface area contributed by atoms with Crippen molar-refractivity contribution in [3.8, 4) is 0 Å². The van der Waals surface area contributed by atoms with Crippen molar-refractivity contribution in [1.82, 2.24) is 4.98 Å². The highest BCUT2D eigenvalue weighted by atomic mass is 32.1. The normalized spacial score (nSPS) is 33.8. The summed E-state index contributed by atoms with van der Waals surface area (Å²) in [5.41, 5.74) is -0.452. The molecule has 2 N–H and O–H groups in total. The monoisotopic (exact) mass is 523 g/mol. The van der Waals surface area contributed by atoms with Gasteiger partial charge in [-0.05, 0) is 64.0 Å². The Hall–Kier alpha value is -1.61. The Bertz CT molecular complexity index is 921. The number of carbonyl (C=O) groups is 2. The smallest absolute Gasteiger partial charge is 0.309 e. The minimum absolute atomic E-state index is 0.0926. The molecule has 1 unspecified atom stereocenters. The first-order valence-corrected chi connectivity index (χ1v) is 13.8. The molecular formula is C28H45NO6S. The average molecular weight is 524 g/mol. The van der Waals surface area contributed by atoms with Gasteiger partial charge in [0.15, 0.2) is 0 Å². The molecule has 0 radical (unpaired) electrons. The molecule has 0 aromatic carbocycles. The number of esters is 1. The summed E-state index contributed by atoms with van der Waals surface area (Å²) in [5, 5.41) is 24.9. The number of cyclic esters (lactones) is 1. The molecule has 0 saturated carbocycles. The van der Waals surface area contributed by atoms with Crippen LogP contribution in [0.25, 0.3) is 6.08 Å². The summed E-state index contributed by atoms with van der Waals surface area (Å²) in [6.07, 6.45) is 2.58. The largest absolute Gasteiger partial charge is 0.458 e. The maximum atomic E-state index is 13.4. The van der Waals surface area contributed by atoms with Gasteiger partial charge >= 0.3 is 5.97 Å². The highest BCUT2D eigenvalue weighted by Crippen LogP contribution is 2.34. The Labute approximate surface area is 220 Å². The molecule has 0 spiro atoms. The number of aliphatic hydroxyl groups excluding tert-OH is 1. The van der Waals surface area contributed by atoms with Gasteiger partial charge in [-0.2, -0.15) is 0 Å². The zero-order valence-corrected chi connectivity index (χ0v) is 24.0. The van der Waals surface area contributed by atoms with Crippen LogP contribution in [0.2, 0.25) is 0 Å². The number of ketones is 1. The van der Waals surface area contributed by atoms with Gasteiger partial charge in [0.05, 0.1) is 40.3 Å². The molecule has 36 heavy (non-hydrogen) atoms. The van der Waals surface area contributed by atoms with Crippen LogP contribution in [0.4, 0.5) is 0 Å². The van der Waals surface area contributed by atoms with E-state index >= 15 is 0 Å². The molecule has 1 aliphatic heterocycles. The summed E-state index contributed by atoms with van der Waals surface area (Å²) in [7, 11) is 1.60. The predicted octanol–water partition coefficient (Wildman–Crippen LogP) is 5.12. The fourth-order valence-corrected chi connectivity index (χ4v) is 5.71. The second-order valence-electron chi connectivity index (χ2n) is 11.4. The maximum Gasteiger partial charge on any atom is 0.309 e. The Morgan fingerprint density at radius 2 is 1.89 bits per heavy atom. The fraction of sp³-hybridized carbons (Fsp3) is 0.750. The molecule has 1 fully saturated rings. The first-order chi connectivity index (χ1) is 16.7. The van der Waals surface area contributed by atoms with E-state index in [9.17, 15) is 19.8 Å². The summed E-state index contributed by atoms with van der Waals surface area (Å²) in [6.45, 7) is 12.9. The summed E-state index contributed by atoms with van der Waals surface area (Å²) >= 11 is 1.54. The van der Waals surface area contributed by atoms with Gasteiger partial charge in [-0.1, -0.05) is 34.1 Å². The van der Waals surface area contributed by atoms with Crippen molar-refractivity contribution in [1.29, 1.82) is 0 Å². The third-order valence-corrected chi connectivity index (χ3v) is 8.47. The van der Waals surface area contributed by atoms with Gasteiger partial charge in [0, 0.05) is 18.4 Å². The van der Waals surface area contributed by atoms with Crippen molar-refractivity contribution < 1.29 is 29.3 Å². The molecule has 0 aliphatic carbocycles. The second kappa shape index (κ2) is 12.8. The molecule has 1 aromatic heterocycles. The third kappa shape index (κ3) is 8.20. The molecule has 2 rings (SSSR count). The molecule has 0 amide bonds. The van der Waals surface area contributed by atoms with Gasteiger partial charge in [0.1, 0.15) is 11.9 Å². The van der Waals surface area contributed by atoms with Crippen LogP contribution in [-0.4, -0.2) is 58.0 Å². The predicted molar refractivity (Wildman–Crippen MR) is 143 cm³/mol. The van der Waals surface area contributed by atoms with Gasteiger partial charge in [-0.3, -0.25) is 9.59 Å². The zero-order chi connectivity index (χ0) is 27.3. The van der Waals surface area contributed by atoms with Crippen molar-refractivity contribution in [3.05, 3.63) is 21.7 Å². The van der Waals surface area contributed by atoms with Crippen LogP contribution in [0.15, 0.2) is 11.0 Å². The molecule has 6 atom stereocenters. The van der Waals surface area contributed by atoms with Gasteiger partial charge in [-0.15, -0.1) is 11.3 Å². The van der Waals surface area contributed by atoms with Crippen LogP contribution < -0.4 is 0 Å². The molecule has 7 nitrogen and oxygen atoms in total. The van der Waals surface area contributed by atoms with Crippen molar-refractivity contribution >= 4 is 29.2 Å². The number of hydrogen-bond donors (Lipinski definition) is 2. The van der Waals surface area contributed by atoms with Gasteiger partial charge in [0.2, 0.25) is 0 Å². The van der Waals surface area contributed by atoms with Crippen molar-refractivity contribution in [2.24, 2.45) is 17.3 Å². The summed E-state index contributed by atoms with van der Waals surface area (Å²) in [4.78, 5) is 30.8. The number of hydrogen-bond acceptors (Lipinski definition) is 8. The molecule has 0 bridgehead atoms. The van der Waals surface area contributed by atoms with Crippen LogP contribution in [0, 0.1) is 24.2 Å². The number of aliphatic hydroxyl groups is 2. The van der Waals surface area contributed by atoms with E-state index in [2.05, 4.69) is 11.9 Å². The summed E-state index contributed by atoms with van der Waals surface area (Å²) < 4.78 is 11.5. The van der Waals surface area contributed by atoms with Gasteiger partial charge in [0.25, 0.3) is 0 Å². The lowest BCUT2D eigenvalue weighted by Gasteiger charge is -2.36. The molecule has 204 valence electrons. The van der Waals surface area contributed by atoms with E-state index in [0.29, 0.717) is 19.3 Å². The minimum Gasteiger partial charge on any atom is -0.458 e. The van der Waals surface area contributed by atoms with E-state index in [0.717, 1.165) is 29.1 Å². The number of Topliss-reactive ketones (excluding diaryl/α,β-unsaturated/α-hetero) is 1. The van der Waals surface area contributed by atoms with Crippen LogP contribution >= 0.6 is 11.3 Å². The molecule has 8 heteroatoms. The quantitative estimate of drug-likeness (QED) is 0.530. The topological polar surface area (TPSA) is 106 Å². The third-order valence-electron chi connectivity index (χ3n) is 7.68. The van der Waals surface area contributed by atoms with E-state index in [1.807, 2.05) is 39.2 Å². The lowest BCUT2D eigenvalue weighted by Crippen LogP contribution is -2.46. The molecule has 1 aromatic rings. The standard InChI is InChI=1S/C28H45NO6S/c1-17-10-9-12-28(7,33)13-11-22(18(2)14-21-16-36-20(4)29-21)35-24(31)15-23(30)27(5,6)26(32)19(3)25(17)34-8/h14,16-17,19,22-23,25,30,33H,9-13,15H2,1-8H3/b18-14+/t17-,19+,22-,23-,25-,28?/m0/s1. The lowest BCUT2D eigenvalue weighted by atomic mass is 9.72. The molecular weight excluding hydrogens is 478 g/mol. The number of ether oxygens (including phenoxy) is 2. The molecule has 1 aliphatic rings. The minimum atomic E-state index is -1.20. The van der Waals surface area contributed by atoms with Crippen molar-refractivity contribution in [2.75, 3.05) is 7.11 Å². The first-order valence-electron chi connectivity index (χ1n) is 12.9. The van der Waals surface area contributed by atoms with E-state index in [1.165, 1.54) is 0 Å². The number of methoxy groups -OCH3 is 1. The van der Waals surface area contributed by atoms with E-state index < -0.39 is 35.1 Å². The average Bonchev–Trinajstić information content (AvgIpc) is 3.19. The van der Waals surface area contributed by atoms with E-state index in [4.69, 9.17) is 9.47 Å². The van der Waals surface area contributed by atoms with E-state index in [-0.39, 0.29) is 24.2 Å². The second-order valence-corrected chi connectivity index (χ2v) is 12.4. The van der Waals surface area contributed by atoms with Gasteiger partial charge < -0.3 is 19.7 Å². The Morgan fingerprint density at radius 1 is 1.22 bits per heavy atom. The molecule has 2 heterocycles. The highest BCUT2D eigenvalue weighted by molar-refractivity contribution is 7.09. The van der Waals surface area contributed by atoms with Crippen LogP contribution in [-0.2, 0) is 19.1 Å². The summed E-state index contributed by atoms with van der Waals surface area (Å²) in [5.74, 6) is -1.09. The Morgan fingerprint density at radius 3 is 2.47 bits per heavy atom. The number of aromatic nitrogens is 1. The van der Waals surface area contributed by atoms with E-state index in [1.54, 1.807) is 32.3 Å². The number of carbonyl (C=O) groups excluding carboxylic acids is 2. The Kier molecular flexibility index (Phi) is 10.9. The van der Waals surface area contributed by atoms with Gasteiger partial charge in [-0.25, -0.2) is 4.98 Å². The molecule has 1 saturated heterocycles. The zero-order valence-electron chi connectivity index (χ0n) is 23.2. The lowest BCUT2D eigenvalue weighted by molar-refractivity contribution is -0.155. The van der Waals surface area contributed by atoms with Crippen molar-refractivity contribution in [3.63, 3.8) is 0 Å². The fourth-order valence-electron chi connectivity index (χ4n) is 5.14. The number of thiazole rings is 1. The van der Waals surface area contributed by atoms with Crippen LogP contribution in [0.1, 0.15) is 90.8 Å². The highest BCUT2D eigenvalue weighted by Gasteiger charge is 2.43. The van der Waals surface area contributed by atoms with Crippen LogP contribution in [0.5, 0.6) is 0 Å². The first kappa shape index (κ1) is 30.6. The SMILES string of the molecule is CO[C@H]1[C@@H](C)CCCC(C)(O)CC[C@@H](/C(C)=C/c2csc(C)n2)OC(=O)C[C@H](O)C(C)(C)C(=O)[C@@H]1C. The van der Waals surface area contributed by atoms with Crippen molar-refractivity contribution in [2.45, 2.75) is 111 Å². The number of nitrogens with zero attached hydrogens (tertiary/aromatic N) is 1. The van der Waals surface area contributed by atoms with Crippen LogP contribution in [0.3, 0.4) is 0 Å². The number of aryl methyl sites for hydroxylation is 1. The number of rotatable bonds is 3. The summed E-state index contributed by atoms with van der Waals surface area (Å²) in [6, 6.07) is 0. The maximum absolute atomic E-state index is 13.4.